The number of carbonyl (C=O) groups excluding carboxylic acids is 3. The molecule has 0 aliphatic heterocycles. The van der Waals surface area contributed by atoms with Gasteiger partial charge in [-0.1, -0.05) is 42.5 Å². The van der Waals surface area contributed by atoms with Crippen molar-refractivity contribution in [3.63, 3.8) is 0 Å². The molecule has 0 aliphatic rings. The van der Waals surface area contributed by atoms with Gasteiger partial charge in [0.2, 0.25) is 5.78 Å². The number of anilines is 2. The van der Waals surface area contributed by atoms with Crippen molar-refractivity contribution in [1.29, 1.82) is 0 Å². The van der Waals surface area contributed by atoms with E-state index in [4.69, 9.17) is 10.5 Å². The lowest BCUT2D eigenvalue weighted by atomic mass is 10.1. The van der Waals surface area contributed by atoms with Crippen LogP contribution >= 0.6 is 0 Å². The molecule has 3 rings (SSSR count). The fourth-order valence-corrected chi connectivity index (χ4v) is 3.44. The van der Waals surface area contributed by atoms with E-state index in [9.17, 15) is 24.0 Å². The Kier molecular flexibility index (Phi) is 8.05. The van der Waals surface area contributed by atoms with Gasteiger partial charge in [0, 0.05) is 13.1 Å². The predicted octanol–water partition coefficient (Wildman–Crippen LogP) is 1.75. The second-order valence-electron chi connectivity index (χ2n) is 8.28. The number of hydrogen-bond acceptors (Lipinski definition) is 7. The molecule has 3 aromatic rings. The van der Waals surface area contributed by atoms with Crippen molar-refractivity contribution in [2.75, 3.05) is 17.7 Å². The number of carbonyl (C=O) groups is 3. The number of amides is 2. The minimum absolute atomic E-state index is 0.0131. The first-order chi connectivity index (χ1) is 17.1. The standard InChI is InChI=1S/C25H27N5O6/c1-15(2)27-24(34)28-18-12-8-7-11-17(18)23(33)36-14-19(31)20-21(26)30(25(35)29(3)22(20)32)13-16-9-5-4-6-10-16/h4-12,15H,13-14,26H2,1-3H3,(H2,27,28,34). The molecule has 2 amide bonds. The first-order valence-corrected chi connectivity index (χ1v) is 11.1. The lowest BCUT2D eigenvalue weighted by molar-refractivity contribution is 0.0475. The number of urea groups is 1. The second kappa shape index (κ2) is 11.2. The van der Waals surface area contributed by atoms with Crippen molar-refractivity contribution in [3.05, 3.63) is 92.1 Å². The average molecular weight is 494 g/mol. The minimum Gasteiger partial charge on any atom is -0.454 e. The van der Waals surface area contributed by atoms with E-state index in [2.05, 4.69) is 10.6 Å². The summed E-state index contributed by atoms with van der Waals surface area (Å²) in [5.41, 5.74) is 4.97. The number of nitrogens with two attached hydrogens (primary N) is 1. The van der Waals surface area contributed by atoms with Crippen LogP contribution in [-0.2, 0) is 18.3 Å². The second-order valence-corrected chi connectivity index (χ2v) is 8.28. The van der Waals surface area contributed by atoms with E-state index < -0.39 is 41.2 Å². The summed E-state index contributed by atoms with van der Waals surface area (Å²) in [5.74, 6) is -2.08. The zero-order chi connectivity index (χ0) is 26.4. The number of nitrogen functional groups attached to an aromatic ring is 1. The van der Waals surface area contributed by atoms with E-state index in [0.29, 0.717) is 0 Å². The fraction of sp³-hybridized carbons (Fsp3) is 0.240. The topological polar surface area (TPSA) is 155 Å². The number of aromatic nitrogens is 2. The van der Waals surface area contributed by atoms with E-state index in [1.807, 2.05) is 6.07 Å². The maximum absolute atomic E-state index is 12.9. The van der Waals surface area contributed by atoms with Crippen LogP contribution in [0.15, 0.2) is 64.2 Å². The third-order valence-corrected chi connectivity index (χ3v) is 5.19. The van der Waals surface area contributed by atoms with E-state index in [-0.39, 0.29) is 29.7 Å². The molecule has 0 aliphatic carbocycles. The largest absolute Gasteiger partial charge is 0.454 e. The van der Waals surface area contributed by atoms with E-state index >= 15 is 0 Å². The molecule has 0 saturated carbocycles. The monoisotopic (exact) mass is 493 g/mol. The molecule has 0 spiro atoms. The summed E-state index contributed by atoms with van der Waals surface area (Å²) < 4.78 is 7.02. The first kappa shape index (κ1) is 25.9. The van der Waals surface area contributed by atoms with Gasteiger partial charge in [-0.2, -0.15) is 0 Å². The molecule has 4 N–H and O–H groups in total. The summed E-state index contributed by atoms with van der Waals surface area (Å²) in [6.07, 6.45) is 0. The van der Waals surface area contributed by atoms with Gasteiger partial charge < -0.3 is 21.1 Å². The van der Waals surface area contributed by atoms with E-state index in [1.54, 1.807) is 50.2 Å². The number of ether oxygens (including phenoxy) is 1. The molecule has 11 nitrogen and oxygen atoms in total. The lowest BCUT2D eigenvalue weighted by Gasteiger charge is -2.15. The minimum atomic E-state index is -0.893. The number of rotatable bonds is 8. The number of para-hydroxylation sites is 1. The molecule has 11 heteroatoms. The number of Topliss-reactive ketones (excluding diaryl/α,β-unsaturated/α-hetero) is 1. The SMILES string of the molecule is CC(C)NC(=O)Nc1ccccc1C(=O)OCC(=O)c1c(N)n(Cc2ccccc2)c(=O)n(C)c1=O. The number of nitrogens with zero attached hydrogens (tertiary/aromatic N) is 2. The Hall–Kier alpha value is -4.67. The first-order valence-electron chi connectivity index (χ1n) is 11.1. The highest BCUT2D eigenvalue weighted by atomic mass is 16.5. The van der Waals surface area contributed by atoms with Crippen LogP contribution < -0.4 is 27.6 Å². The molecule has 0 bridgehead atoms. The third kappa shape index (κ3) is 5.87. The Bertz CT molecular complexity index is 1410. The summed E-state index contributed by atoms with van der Waals surface area (Å²) >= 11 is 0. The molecule has 0 atom stereocenters. The van der Waals surface area contributed by atoms with Gasteiger partial charge in [0.15, 0.2) is 6.61 Å². The van der Waals surface area contributed by atoms with Gasteiger partial charge in [-0.15, -0.1) is 0 Å². The average Bonchev–Trinajstić information content (AvgIpc) is 2.84. The quantitative estimate of drug-likeness (QED) is 0.319. The number of hydrogen-bond donors (Lipinski definition) is 3. The molecular formula is C25H27N5O6. The van der Waals surface area contributed by atoms with E-state index in [0.717, 1.165) is 14.7 Å². The van der Waals surface area contributed by atoms with Crippen molar-refractivity contribution >= 4 is 29.3 Å². The molecule has 1 aromatic heterocycles. The van der Waals surface area contributed by atoms with Gasteiger partial charge >= 0.3 is 17.7 Å². The van der Waals surface area contributed by atoms with Crippen molar-refractivity contribution in [1.82, 2.24) is 14.5 Å². The predicted molar refractivity (Wildman–Crippen MR) is 134 cm³/mol. The van der Waals surface area contributed by atoms with Crippen LogP contribution in [0, 0.1) is 0 Å². The zero-order valence-electron chi connectivity index (χ0n) is 20.1. The van der Waals surface area contributed by atoms with Crippen molar-refractivity contribution < 1.29 is 19.1 Å². The third-order valence-electron chi connectivity index (χ3n) is 5.19. The van der Waals surface area contributed by atoms with Gasteiger partial charge in [0.1, 0.15) is 11.4 Å². The van der Waals surface area contributed by atoms with Gasteiger partial charge in [-0.05, 0) is 31.5 Å². The van der Waals surface area contributed by atoms with Gasteiger partial charge in [-0.25, -0.2) is 14.4 Å². The molecule has 0 fully saturated rings. The van der Waals surface area contributed by atoms with Crippen LogP contribution in [0.1, 0.15) is 40.1 Å². The molecule has 0 saturated heterocycles. The Balaban J connectivity index is 1.82. The fourth-order valence-electron chi connectivity index (χ4n) is 3.44. The molecule has 36 heavy (non-hydrogen) atoms. The van der Waals surface area contributed by atoms with Gasteiger partial charge in [0.05, 0.1) is 17.8 Å². The highest BCUT2D eigenvalue weighted by Gasteiger charge is 2.24. The molecule has 2 aromatic carbocycles. The Morgan fingerprint density at radius 1 is 1.00 bits per heavy atom. The van der Waals surface area contributed by atoms with Crippen LogP contribution in [0.4, 0.5) is 16.3 Å². The molecular weight excluding hydrogens is 466 g/mol. The highest BCUT2D eigenvalue weighted by Crippen LogP contribution is 2.17. The number of ketones is 1. The molecule has 188 valence electrons. The van der Waals surface area contributed by atoms with Crippen molar-refractivity contribution in [2.24, 2.45) is 7.05 Å². The normalized spacial score (nSPS) is 10.7. The number of benzene rings is 2. The zero-order valence-corrected chi connectivity index (χ0v) is 20.1. The van der Waals surface area contributed by atoms with E-state index in [1.165, 1.54) is 19.2 Å². The van der Waals surface area contributed by atoms with Crippen molar-refractivity contribution in [3.8, 4) is 0 Å². The number of nitrogens with one attached hydrogen (secondary N) is 2. The Labute approximate surface area is 206 Å². The van der Waals surface area contributed by atoms with Crippen LogP contribution in [0.3, 0.4) is 0 Å². The van der Waals surface area contributed by atoms with Crippen LogP contribution in [0.5, 0.6) is 0 Å². The van der Waals surface area contributed by atoms with Crippen LogP contribution in [0.2, 0.25) is 0 Å². The number of esters is 1. The van der Waals surface area contributed by atoms with Gasteiger partial charge in [-0.3, -0.25) is 18.7 Å². The van der Waals surface area contributed by atoms with Crippen LogP contribution in [0.25, 0.3) is 0 Å². The summed E-state index contributed by atoms with van der Waals surface area (Å²) in [5, 5.41) is 5.20. The molecule has 0 radical (unpaired) electrons. The highest BCUT2D eigenvalue weighted by molar-refractivity contribution is 6.04. The molecule has 1 heterocycles. The Morgan fingerprint density at radius 3 is 2.31 bits per heavy atom. The maximum atomic E-state index is 12.9. The smallest absolute Gasteiger partial charge is 0.340 e. The van der Waals surface area contributed by atoms with Crippen molar-refractivity contribution in [2.45, 2.75) is 26.4 Å². The summed E-state index contributed by atoms with van der Waals surface area (Å²) in [4.78, 5) is 63.0. The summed E-state index contributed by atoms with van der Waals surface area (Å²) in [6.45, 7) is 2.81. The maximum Gasteiger partial charge on any atom is 0.340 e. The summed E-state index contributed by atoms with van der Waals surface area (Å²) in [7, 11) is 1.23. The Morgan fingerprint density at radius 2 is 1.64 bits per heavy atom. The van der Waals surface area contributed by atoms with Crippen LogP contribution in [-0.4, -0.2) is 39.6 Å². The lowest BCUT2D eigenvalue weighted by Crippen LogP contribution is -2.43. The van der Waals surface area contributed by atoms with Gasteiger partial charge in [0.25, 0.3) is 5.56 Å². The summed E-state index contributed by atoms with van der Waals surface area (Å²) in [6, 6.07) is 14.4. The molecule has 0 unspecified atom stereocenters.